The first kappa shape index (κ1) is 13.6. The molecule has 0 aliphatic rings. The van der Waals surface area contributed by atoms with Gasteiger partial charge in [0.2, 0.25) is 0 Å². The molecule has 82 valence electrons. The highest BCUT2D eigenvalue weighted by atomic mass is 31.0. The molecule has 1 atom stereocenters. The van der Waals surface area contributed by atoms with E-state index in [9.17, 15) is 9.59 Å². The van der Waals surface area contributed by atoms with Crippen LogP contribution in [0.15, 0.2) is 30.3 Å². The average Bonchev–Trinajstić information content (AvgIpc) is 2.30. The molecule has 4 nitrogen and oxygen atoms in total. The molecular formula is C10H13O4P. The van der Waals surface area contributed by atoms with Crippen molar-refractivity contribution in [3.63, 3.8) is 0 Å². The molecule has 0 spiro atoms. The fraction of sp³-hybridized carbons (Fsp3) is 0.200. The number of hydrogen-bond donors (Lipinski definition) is 0. The van der Waals surface area contributed by atoms with E-state index in [0.717, 1.165) is 0 Å². The maximum atomic E-state index is 10.8. The molecule has 1 aromatic rings. The molecule has 0 aromatic heterocycles. The Morgan fingerprint density at radius 1 is 1.20 bits per heavy atom. The predicted molar refractivity (Wildman–Crippen MR) is 59.3 cm³/mol. The summed E-state index contributed by atoms with van der Waals surface area (Å²) in [4.78, 5) is 20.4. The summed E-state index contributed by atoms with van der Waals surface area (Å²) in [6.45, 7) is 1.34. The molecule has 15 heavy (non-hydrogen) atoms. The zero-order valence-corrected chi connectivity index (χ0v) is 9.75. The van der Waals surface area contributed by atoms with Crippen molar-refractivity contribution in [2.75, 3.05) is 7.11 Å². The van der Waals surface area contributed by atoms with E-state index in [0.29, 0.717) is 5.56 Å². The van der Waals surface area contributed by atoms with Crippen molar-refractivity contribution in [2.24, 2.45) is 0 Å². The minimum atomic E-state index is -0.291. The maximum absolute atomic E-state index is 10.8. The minimum absolute atomic E-state index is 0.282. The minimum Gasteiger partial charge on any atom is -0.465 e. The molecule has 0 radical (unpaired) electrons. The van der Waals surface area contributed by atoms with Crippen LogP contribution in [0.25, 0.3) is 0 Å². The summed E-state index contributed by atoms with van der Waals surface area (Å²) >= 11 is 0. The van der Waals surface area contributed by atoms with Crippen LogP contribution in [0, 0.1) is 0 Å². The molecule has 1 unspecified atom stereocenters. The Kier molecular flexibility index (Phi) is 7.20. The van der Waals surface area contributed by atoms with E-state index in [2.05, 4.69) is 9.26 Å². The number of hydrogen-bond acceptors (Lipinski definition) is 4. The standard InChI is InChI=1S/C8H8O2.C2H5O2P/c1-10-8(9)7-5-3-2-4-6-7;1-2(3)4-5/h2-6H,1H3;5H2,1H3. The molecule has 0 saturated carbocycles. The summed E-state index contributed by atoms with van der Waals surface area (Å²) in [7, 11) is 3.22. The van der Waals surface area contributed by atoms with Crippen LogP contribution >= 0.6 is 9.47 Å². The van der Waals surface area contributed by atoms with Gasteiger partial charge in [-0.3, -0.25) is 4.79 Å². The van der Waals surface area contributed by atoms with Crippen LogP contribution in [-0.4, -0.2) is 19.0 Å². The van der Waals surface area contributed by atoms with Gasteiger partial charge >= 0.3 is 11.9 Å². The third kappa shape index (κ3) is 6.63. The van der Waals surface area contributed by atoms with Crippen molar-refractivity contribution in [1.29, 1.82) is 0 Å². The van der Waals surface area contributed by atoms with Crippen LogP contribution < -0.4 is 0 Å². The van der Waals surface area contributed by atoms with Crippen molar-refractivity contribution in [2.45, 2.75) is 6.92 Å². The first-order chi connectivity index (χ1) is 7.11. The van der Waals surface area contributed by atoms with E-state index in [1.807, 2.05) is 15.5 Å². The van der Waals surface area contributed by atoms with E-state index in [4.69, 9.17) is 0 Å². The Bertz CT molecular complexity index is 310. The number of ether oxygens (including phenoxy) is 1. The third-order valence-electron chi connectivity index (χ3n) is 1.36. The molecule has 0 N–H and O–H groups in total. The smallest absolute Gasteiger partial charge is 0.337 e. The number of benzene rings is 1. The first-order valence-corrected chi connectivity index (χ1v) is 4.59. The van der Waals surface area contributed by atoms with Gasteiger partial charge in [0.1, 0.15) is 0 Å². The summed E-state index contributed by atoms with van der Waals surface area (Å²) in [6, 6.07) is 8.88. The monoisotopic (exact) mass is 228 g/mol. The van der Waals surface area contributed by atoms with E-state index >= 15 is 0 Å². The SMILES string of the molecule is CC(=O)OP.COC(=O)c1ccccc1. The number of carbonyl (C=O) groups is 2. The zero-order chi connectivity index (χ0) is 11.7. The lowest BCUT2D eigenvalue weighted by molar-refractivity contribution is -0.130. The van der Waals surface area contributed by atoms with Crippen molar-refractivity contribution in [3.05, 3.63) is 35.9 Å². The van der Waals surface area contributed by atoms with Crippen LogP contribution in [0.2, 0.25) is 0 Å². The van der Waals surface area contributed by atoms with Gasteiger partial charge in [-0.05, 0) is 12.1 Å². The summed E-state index contributed by atoms with van der Waals surface area (Å²) < 4.78 is 8.53. The van der Waals surface area contributed by atoms with Crippen molar-refractivity contribution >= 4 is 21.4 Å². The van der Waals surface area contributed by atoms with Crippen LogP contribution in [-0.2, 0) is 14.1 Å². The van der Waals surface area contributed by atoms with Crippen LogP contribution in [0.3, 0.4) is 0 Å². The second-order valence-electron chi connectivity index (χ2n) is 2.47. The molecule has 0 fully saturated rings. The highest BCUT2D eigenvalue weighted by Crippen LogP contribution is 1.98. The van der Waals surface area contributed by atoms with Crippen LogP contribution in [0.5, 0.6) is 0 Å². The summed E-state index contributed by atoms with van der Waals surface area (Å²) in [6.07, 6.45) is 0. The predicted octanol–water partition coefficient (Wildman–Crippen LogP) is 1.81. The number of carbonyl (C=O) groups excluding carboxylic acids is 2. The lowest BCUT2D eigenvalue weighted by Crippen LogP contribution is -1.99. The second kappa shape index (κ2) is 7.94. The highest BCUT2D eigenvalue weighted by molar-refractivity contribution is 7.10. The third-order valence-corrected chi connectivity index (χ3v) is 1.69. The molecule has 1 rings (SSSR count). The van der Waals surface area contributed by atoms with Crippen molar-refractivity contribution < 1.29 is 18.8 Å². The molecule has 0 amide bonds. The molecule has 0 aliphatic carbocycles. The number of esters is 1. The normalized spacial score (nSPS) is 8.20. The maximum Gasteiger partial charge on any atom is 0.337 e. The molecule has 5 heteroatoms. The zero-order valence-electron chi connectivity index (χ0n) is 8.60. The lowest BCUT2D eigenvalue weighted by Gasteiger charge is -1.95. The molecule has 0 heterocycles. The van der Waals surface area contributed by atoms with Gasteiger partial charge in [0.05, 0.1) is 22.1 Å². The molecule has 0 aliphatic heterocycles. The van der Waals surface area contributed by atoms with Crippen LogP contribution in [0.4, 0.5) is 0 Å². The van der Waals surface area contributed by atoms with Gasteiger partial charge in [0.15, 0.2) is 0 Å². The topological polar surface area (TPSA) is 52.6 Å². The quantitative estimate of drug-likeness (QED) is 0.543. The van der Waals surface area contributed by atoms with Gasteiger partial charge < -0.3 is 9.26 Å². The summed E-state index contributed by atoms with van der Waals surface area (Å²) in [5.74, 6) is -0.574. The fourth-order valence-electron chi connectivity index (χ4n) is 0.692. The summed E-state index contributed by atoms with van der Waals surface area (Å²) in [5, 5.41) is 0. The molecule has 0 bridgehead atoms. The van der Waals surface area contributed by atoms with Gasteiger partial charge in [-0.2, -0.15) is 0 Å². The Labute approximate surface area is 90.9 Å². The second-order valence-corrected chi connectivity index (χ2v) is 2.70. The molecule has 0 saturated heterocycles. The largest absolute Gasteiger partial charge is 0.465 e. The van der Waals surface area contributed by atoms with Gasteiger partial charge in [0, 0.05) is 6.92 Å². The fourth-order valence-corrected chi connectivity index (χ4v) is 0.692. The highest BCUT2D eigenvalue weighted by Gasteiger charge is 2.00. The van der Waals surface area contributed by atoms with Crippen molar-refractivity contribution in [3.8, 4) is 0 Å². The van der Waals surface area contributed by atoms with Crippen molar-refractivity contribution in [1.82, 2.24) is 0 Å². The molecular weight excluding hydrogens is 215 g/mol. The Hall–Kier alpha value is -1.41. The summed E-state index contributed by atoms with van der Waals surface area (Å²) in [5.41, 5.74) is 0.588. The number of rotatable bonds is 1. The van der Waals surface area contributed by atoms with Gasteiger partial charge in [0.25, 0.3) is 0 Å². The van der Waals surface area contributed by atoms with E-state index in [-0.39, 0.29) is 11.9 Å². The van der Waals surface area contributed by atoms with Gasteiger partial charge in [-0.1, -0.05) is 18.2 Å². The van der Waals surface area contributed by atoms with E-state index < -0.39 is 0 Å². The number of methoxy groups -OCH3 is 1. The van der Waals surface area contributed by atoms with E-state index in [1.165, 1.54) is 14.0 Å². The Balaban J connectivity index is 0.000000336. The van der Waals surface area contributed by atoms with Gasteiger partial charge in [-0.25, -0.2) is 4.79 Å². The molecule has 1 aromatic carbocycles. The average molecular weight is 228 g/mol. The van der Waals surface area contributed by atoms with E-state index in [1.54, 1.807) is 24.3 Å². The Morgan fingerprint density at radius 2 is 1.67 bits per heavy atom. The Morgan fingerprint density at radius 3 is 2.00 bits per heavy atom. The lowest BCUT2D eigenvalue weighted by atomic mass is 10.2. The first-order valence-electron chi connectivity index (χ1n) is 4.12. The van der Waals surface area contributed by atoms with Crippen LogP contribution in [0.1, 0.15) is 17.3 Å². The van der Waals surface area contributed by atoms with Gasteiger partial charge in [-0.15, -0.1) is 0 Å².